The summed E-state index contributed by atoms with van der Waals surface area (Å²) in [6.07, 6.45) is -0.947. The predicted molar refractivity (Wildman–Crippen MR) is 217 cm³/mol. The van der Waals surface area contributed by atoms with Crippen LogP contribution < -0.4 is 18.9 Å². The van der Waals surface area contributed by atoms with Crippen molar-refractivity contribution in [2.45, 2.75) is 39.4 Å². The summed E-state index contributed by atoms with van der Waals surface area (Å²) in [6.45, 7) is 2.20. The third kappa shape index (κ3) is 14.0. The summed E-state index contributed by atoms with van der Waals surface area (Å²) >= 11 is 0. The van der Waals surface area contributed by atoms with Crippen molar-refractivity contribution in [1.29, 1.82) is 0 Å². The number of amides is 2. The topological polar surface area (TPSA) is 127 Å². The third-order valence-corrected chi connectivity index (χ3v) is 8.82. The zero-order valence-corrected chi connectivity index (χ0v) is 33.5. The molecule has 13 nitrogen and oxygen atoms in total. The molecule has 0 atom stereocenters. The molecule has 1 aromatic heterocycles. The van der Waals surface area contributed by atoms with Crippen LogP contribution in [-0.4, -0.2) is 81.8 Å². The van der Waals surface area contributed by atoms with E-state index in [1.54, 1.807) is 38.2 Å². The zero-order valence-electron chi connectivity index (χ0n) is 33.5. The molecule has 4 aromatic carbocycles. The van der Waals surface area contributed by atoms with Gasteiger partial charge in [0, 0.05) is 26.2 Å². The molecule has 0 saturated carbocycles. The van der Waals surface area contributed by atoms with Crippen molar-refractivity contribution in [3.05, 3.63) is 149 Å². The van der Waals surface area contributed by atoms with Gasteiger partial charge in [-0.2, -0.15) is 0 Å². The number of carbonyl (C=O) groups is 2. The first-order valence-electron chi connectivity index (χ1n) is 18.8. The molecule has 0 fully saturated rings. The minimum Gasteiger partial charge on any atom is -0.497 e. The van der Waals surface area contributed by atoms with E-state index in [9.17, 15) is 9.59 Å². The molecule has 1 heterocycles. The summed E-state index contributed by atoms with van der Waals surface area (Å²) in [5.74, 6) is 2.82. The van der Waals surface area contributed by atoms with Gasteiger partial charge in [0.1, 0.15) is 36.2 Å². The Hall–Kier alpha value is -6.31. The maximum Gasteiger partial charge on any atom is 0.410 e. The number of ether oxygens (including phenoxy) is 8. The van der Waals surface area contributed by atoms with Crippen molar-refractivity contribution >= 4 is 12.2 Å². The van der Waals surface area contributed by atoms with Crippen LogP contribution in [0.15, 0.2) is 115 Å². The van der Waals surface area contributed by atoms with Crippen LogP contribution >= 0.6 is 0 Å². The van der Waals surface area contributed by atoms with Gasteiger partial charge in [-0.15, -0.1) is 0 Å². The van der Waals surface area contributed by atoms with Gasteiger partial charge in [0.15, 0.2) is 0 Å². The monoisotopic (exact) mass is 793 g/mol. The summed E-state index contributed by atoms with van der Waals surface area (Å²) in [5, 5.41) is 0. The SMILES string of the molecule is COc1cccc(CN(Cc2cccc(OC)c2)C(=O)OCCOCc2cccc(COCCOC(=O)N(Cc3cccc(OC)c3)Cc3cccc(OC)c3)n2)c1. The highest BCUT2D eigenvalue weighted by Gasteiger charge is 2.19. The fraction of sp³-hybridized carbons (Fsp3) is 0.311. The van der Waals surface area contributed by atoms with Gasteiger partial charge in [-0.1, -0.05) is 54.6 Å². The van der Waals surface area contributed by atoms with Gasteiger partial charge >= 0.3 is 12.2 Å². The van der Waals surface area contributed by atoms with Crippen molar-refractivity contribution in [2.24, 2.45) is 0 Å². The van der Waals surface area contributed by atoms with Crippen molar-refractivity contribution < 1.29 is 47.5 Å². The van der Waals surface area contributed by atoms with Crippen LogP contribution in [0.1, 0.15) is 33.6 Å². The molecule has 13 heteroatoms. The second-order valence-corrected chi connectivity index (χ2v) is 13.1. The molecule has 0 spiro atoms. The maximum atomic E-state index is 13.3. The van der Waals surface area contributed by atoms with Gasteiger partial charge < -0.3 is 37.9 Å². The number of nitrogens with zero attached hydrogens (tertiary/aromatic N) is 3. The normalized spacial score (nSPS) is 10.7. The molecule has 306 valence electrons. The Labute approximate surface area is 339 Å². The Kier molecular flexibility index (Phi) is 17.0. The van der Waals surface area contributed by atoms with E-state index in [4.69, 9.17) is 37.9 Å². The number of methoxy groups -OCH3 is 4. The van der Waals surface area contributed by atoms with Crippen molar-refractivity contribution in [3.63, 3.8) is 0 Å². The largest absolute Gasteiger partial charge is 0.497 e. The number of carbonyl (C=O) groups excluding carboxylic acids is 2. The molecule has 2 amide bonds. The summed E-state index contributed by atoms with van der Waals surface area (Å²) in [4.78, 5) is 34.4. The lowest BCUT2D eigenvalue weighted by atomic mass is 10.1. The number of hydrogen-bond acceptors (Lipinski definition) is 11. The van der Waals surface area contributed by atoms with Gasteiger partial charge in [0.05, 0.1) is 66.3 Å². The van der Waals surface area contributed by atoms with E-state index in [1.165, 1.54) is 0 Å². The summed E-state index contributed by atoms with van der Waals surface area (Å²) in [7, 11) is 6.42. The number of benzene rings is 4. The minimum atomic E-state index is -0.473. The van der Waals surface area contributed by atoms with Gasteiger partial charge in [0.25, 0.3) is 0 Å². The molecule has 5 rings (SSSR count). The van der Waals surface area contributed by atoms with E-state index in [0.717, 1.165) is 22.3 Å². The molecule has 0 aliphatic heterocycles. The summed E-state index contributed by atoms with van der Waals surface area (Å²) in [5.41, 5.74) is 5.00. The summed E-state index contributed by atoms with van der Waals surface area (Å²) in [6, 6.07) is 35.8. The van der Waals surface area contributed by atoms with Gasteiger partial charge in [-0.05, 0) is 82.9 Å². The molecule has 0 bridgehead atoms. The molecule has 0 saturated heterocycles. The van der Waals surface area contributed by atoms with Gasteiger partial charge in [0.2, 0.25) is 0 Å². The second kappa shape index (κ2) is 23.0. The molecule has 5 aromatic rings. The zero-order chi connectivity index (χ0) is 41.0. The first-order chi connectivity index (χ1) is 28.3. The lowest BCUT2D eigenvalue weighted by Crippen LogP contribution is -2.31. The van der Waals surface area contributed by atoms with Crippen molar-refractivity contribution in [2.75, 3.05) is 54.9 Å². The maximum absolute atomic E-state index is 13.3. The van der Waals surface area contributed by atoms with Crippen LogP contribution in [0, 0.1) is 0 Å². The van der Waals surface area contributed by atoms with Gasteiger partial charge in [-0.3, -0.25) is 14.8 Å². The quantitative estimate of drug-likeness (QED) is 0.0637. The molecule has 0 radical (unpaired) electrons. The highest BCUT2D eigenvalue weighted by atomic mass is 16.6. The number of pyridine rings is 1. The summed E-state index contributed by atoms with van der Waals surface area (Å²) < 4.78 is 44.3. The van der Waals surface area contributed by atoms with Crippen LogP contribution in [0.25, 0.3) is 0 Å². The molecule has 0 aliphatic carbocycles. The fourth-order valence-electron chi connectivity index (χ4n) is 5.94. The van der Waals surface area contributed by atoms with Crippen LogP contribution in [0.2, 0.25) is 0 Å². The van der Waals surface area contributed by atoms with E-state index >= 15 is 0 Å². The highest BCUT2D eigenvalue weighted by molar-refractivity contribution is 5.68. The molecule has 0 N–H and O–H groups in total. The van der Waals surface area contributed by atoms with Crippen molar-refractivity contribution in [1.82, 2.24) is 14.8 Å². The van der Waals surface area contributed by atoms with E-state index in [0.29, 0.717) is 60.6 Å². The van der Waals surface area contributed by atoms with Crippen LogP contribution in [-0.2, 0) is 58.3 Å². The first kappa shape index (κ1) is 42.8. The van der Waals surface area contributed by atoms with E-state index in [1.807, 2.05) is 115 Å². The Bertz CT molecular complexity index is 1800. The van der Waals surface area contributed by atoms with E-state index in [2.05, 4.69) is 4.98 Å². The van der Waals surface area contributed by atoms with Crippen LogP contribution in [0.3, 0.4) is 0 Å². The second-order valence-electron chi connectivity index (χ2n) is 13.1. The molecular weight excluding hydrogens is 743 g/mol. The Balaban J connectivity index is 1.05. The number of aromatic nitrogens is 1. The smallest absolute Gasteiger partial charge is 0.410 e. The van der Waals surface area contributed by atoms with Gasteiger partial charge in [-0.25, -0.2) is 9.59 Å². The average Bonchev–Trinajstić information content (AvgIpc) is 3.26. The minimum absolute atomic E-state index is 0.0591. The number of hydrogen-bond donors (Lipinski definition) is 0. The van der Waals surface area contributed by atoms with E-state index in [-0.39, 0.29) is 39.6 Å². The van der Waals surface area contributed by atoms with E-state index < -0.39 is 12.2 Å². The van der Waals surface area contributed by atoms with Crippen LogP contribution in [0.4, 0.5) is 9.59 Å². The number of rotatable bonds is 22. The lowest BCUT2D eigenvalue weighted by Gasteiger charge is -2.23. The molecular formula is C45H51N3O10. The lowest BCUT2D eigenvalue weighted by molar-refractivity contribution is 0.0433. The Morgan fingerprint density at radius 1 is 0.448 bits per heavy atom. The predicted octanol–water partition coefficient (Wildman–Crippen LogP) is 7.83. The fourth-order valence-corrected chi connectivity index (χ4v) is 5.94. The average molecular weight is 794 g/mol. The Morgan fingerprint density at radius 3 is 1.07 bits per heavy atom. The molecule has 58 heavy (non-hydrogen) atoms. The first-order valence-corrected chi connectivity index (χ1v) is 18.8. The van der Waals surface area contributed by atoms with Crippen molar-refractivity contribution in [3.8, 4) is 23.0 Å². The third-order valence-electron chi connectivity index (χ3n) is 8.82. The molecule has 0 unspecified atom stereocenters. The Morgan fingerprint density at radius 2 is 0.759 bits per heavy atom. The standard InChI is InChI=1S/C45H51N3O10/c1-51-40-16-5-10-34(24-40)28-47(29-35-11-6-17-41(25-35)52-2)44(49)57-22-20-55-32-38-14-9-15-39(46-38)33-56-21-23-58-45(50)48(30-36-12-7-18-42(26-36)53-3)31-37-13-8-19-43(27-37)54-4/h5-19,24-27H,20-23,28-33H2,1-4H3. The molecule has 0 aliphatic rings. The van der Waals surface area contributed by atoms with Crippen LogP contribution in [0.5, 0.6) is 23.0 Å². The highest BCUT2D eigenvalue weighted by Crippen LogP contribution is 2.21.